The van der Waals surface area contributed by atoms with Gasteiger partial charge in [0.15, 0.2) is 5.16 Å². The summed E-state index contributed by atoms with van der Waals surface area (Å²) in [5, 5.41) is 12.6. The Morgan fingerprint density at radius 3 is 2.62 bits per heavy atom. The molecule has 1 aliphatic heterocycles. The number of nitrogens with one attached hydrogen (secondary N) is 1. The summed E-state index contributed by atoms with van der Waals surface area (Å²) in [7, 11) is 1.62. The first-order valence-electron chi connectivity index (χ1n) is 9.82. The van der Waals surface area contributed by atoms with E-state index >= 15 is 0 Å². The van der Waals surface area contributed by atoms with Crippen molar-refractivity contribution in [3.8, 4) is 5.75 Å². The van der Waals surface area contributed by atoms with Gasteiger partial charge in [0.05, 0.1) is 7.11 Å². The highest BCUT2D eigenvalue weighted by atomic mass is 32.2. The number of fused-ring (bicyclic) bond motifs is 1. The highest BCUT2D eigenvalue weighted by molar-refractivity contribution is 7.98. The second kappa shape index (κ2) is 9.13. The molecular weight excluding hydrogens is 384 g/mol. The molecule has 2 heterocycles. The van der Waals surface area contributed by atoms with Crippen molar-refractivity contribution in [1.29, 1.82) is 0 Å². The van der Waals surface area contributed by atoms with Crippen molar-refractivity contribution in [3.63, 3.8) is 0 Å². The summed E-state index contributed by atoms with van der Waals surface area (Å²) in [6.07, 6.45) is 4.67. The zero-order chi connectivity index (χ0) is 20.1. The number of thioether (sulfide) groups is 1. The summed E-state index contributed by atoms with van der Waals surface area (Å²) in [6, 6.07) is 15.0. The Balaban J connectivity index is 1.35. The zero-order valence-electron chi connectivity index (χ0n) is 16.4. The number of rotatable bonds is 6. The van der Waals surface area contributed by atoms with Crippen LogP contribution in [0, 0.1) is 0 Å². The predicted octanol–water partition coefficient (Wildman–Crippen LogP) is 4.56. The number of ether oxygens (including phenoxy) is 1. The number of hydrogen-bond donors (Lipinski definition) is 1. The SMILES string of the molecule is COc1ccc(NC(=O)c2ccc(CSc3nnc4n3CCCCC4)cc2)cc1. The van der Waals surface area contributed by atoms with Crippen LogP contribution < -0.4 is 10.1 Å². The number of carbonyl (C=O) groups is 1. The van der Waals surface area contributed by atoms with Crippen LogP contribution in [0.2, 0.25) is 0 Å². The number of amides is 1. The summed E-state index contributed by atoms with van der Waals surface area (Å²) in [5.74, 6) is 2.54. The monoisotopic (exact) mass is 408 g/mol. The van der Waals surface area contributed by atoms with Crippen LogP contribution in [0.1, 0.15) is 41.0 Å². The fourth-order valence-corrected chi connectivity index (χ4v) is 4.28. The number of methoxy groups -OCH3 is 1. The summed E-state index contributed by atoms with van der Waals surface area (Å²) in [6.45, 7) is 1.01. The molecule has 1 aliphatic rings. The van der Waals surface area contributed by atoms with Gasteiger partial charge in [-0.15, -0.1) is 10.2 Å². The lowest BCUT2D eigenvalue weighted by atomic mass is 10.1. The smallest absolute Gasteiger partial charge is 0.255 e. The number of nitrogens with zero attached hydrogens (tertiary/aromatic N) is 3. The Morgan fingerprint density at radius 1 is 1.07 bits per heavy atom. The molecule has 0 fully saturated rings. The Kier molecular flexibility index (Phi) is 6.14. The molecule has 29 heavy (non-hydrogen) atoms. The summed E-state index contributed by atoms with van der Waals surface area (Å²) in [5.41, 5.74) is 2.52. The fourth-order valence-electron chi connectivity index (χ4n) is 3.34. The van der Waals surface area contributed by atoms with Crippen molar-refractivity contribution in [2.24, 2.45) is 0 Å². The molecule has 2 aromatic carbocycles. The molecule has 0 saturated carbocycles. The molecule has 0 spiro atoms. The Morgan fingerprint density at radius 2 is 1.86 bits per heavy atom. The van der Waals surface area contributed by atoms with Crippen LogP contribution in [0.15, 0.2) is 53.7 Å². The van der Waals surface area contributed by atoms with Crippen LogP contribution in [0.4, 0.5) is 5.69 Å². The van der Waals surface area contributed by atoms with Gasteiger partial charge in [0.1, 0.15) is 11.6 Å². The van der Waals surface area contributed by atoms with Crippen molar-refractivity contribution in [1.82, 2.24) is 14.8 Å². The van der Waals surface area contributed by atoms with Gasteiger partial charge >= 0.3 is 0 Å². The van der Waals surface area contributed by atoms with Crippen LogP contribution in [-0.4, -0.2) is 27.8 Å². The lowest BCUT2D eigenvalue weighted by Crippen LogP contribution is -2.11. The number of benzene rings is 2. The molecule has 1 amide bonds. The largest absolute Gasteiger partial charge is 0.497 e. The molecule has 0 aliphatic carbocycles. The molecule has 3 aromatic rings. The van der Waals surface area contributed by atoms with E-state index in [1.807, 2.05) is 48.5 Å². The van der Waals surface area contributed by atoms with Crippen LogP contribution in [0.3, 0.4) is 0 Å². The van der Waals surface area contributed by atoms with Gasteiger partial charge in [-0.25, -0.2) is 0 Å². The van der Waals surface area contributed by atoms with Crippen LogP contribution in [0.25, 0.3) is 0 Å². The van der Waals surface area contributed by atoms with Gasteiger partial charge in [0.25, 0.3) is 5.91 Å². The maximum absolute atomic E-state index is 12.4. The minimum Gasteiger partial charge on any atom is -0.497 e. The molecule has 0 saturated heterocycles. The third-order valence-corrected chi connectivity index (χ3v) is 6.05. The molecule has 0 unspecified atom stereocenters. The van der Waals surface area contributed by atoms with E-state index in [0.717, 1.165) is 46.7 Å². The zero-order valence-corrected chi connectivity index (χ0v) is 17.2. The van der Waals surface area contributed by atoms with Gasteiger partial charge in [0.2, 0.25) is 0 Å². The maximum atomic E-state index is 12.4. The van der Waals surface area contributed by atoms with E-state index in [1.54, 1.807) is 18.9 Å². The van der Waals surface area contributed by atoms with E-state index in [2.05, 4.69) is 20.1 Å². The Bertz CT molecular complexity index is 967. The summed E-state index contributed by atoms with van der Waals surface area (Å²) < 4.78 is 7.39. The minimum atomic E-state index is -0.128. The summed E-state index contributed by atoms with van der Waals surface area (Å²) >= 11 is 1.70. The molecule has 1 aromatic heterocycles. The second-order valence-corrected chi connectivity index (χ2v) is 7.97. The van der Waals surface area contributed by atoms with E-state index in [9.17, 15) is 4.79 Å². The van der Waals surface area contributed by atoms with Gasteiger partial charge in [-0.3, -0.25) is 4.79 Å². The predicted molar refractivity (Wildman–Crippen MR) is 115 cm³/mol. The first kappa shape index (κ1) is 19.5. The highest BCUT2D eigenvalue weighted by Crippen LogP contribution is 2.25. The van der Waals surface area contributed by atoms with Gasteiger partial charge in [-0.2, -0.15) is 0 Å². The minimum absolute atomic E-state index is 0.128. The third-order valence-electron chi connectivity index (χ3n) is 5.01. The number of hydrogen-bond acceptors (Lipinski definition) is 5. The van der Waals surface area contributed by atoms with E-state index in [4.69, 9.17) is 4.74 Å². The van der Waals surface area contributed by atoms with Gasteiger partial charge < -0.3 is 14.6 Å². The van der Waals surface area contributed by atoms with Crippen molar-refractivity contribution < 1.29 is 9.53 Å². The molecule has 1 N–H and O–H groups in total. The average Bonchev–Trinajstić information content (AvgIpc) is 2.99. The van der Waals surface area contributed by atoms with Crippen LogP contribution >= 0.6 is 11.8 Å². The first-order valence-corrected chi connectivity index (χ1v) is 10.8. The maximum Gasteiger partial charge on any atom is 0.255 e. The average molecular weight is 409 g/mol. The van der Waals surface area contributed by atoms with Crippen LogP contribution in [0.5, 0.6) is 5.75 Å². The van der Waals surface area contributed by atoms with Gasteiger partial charge in [0, 0.05) is 30.0 Å². The van der Waals surface area contributed by atoms with Gasteiger partial charge in [-0.05, 0) is 54.8 Å². The quantitative estimate of drug-likeness (QED) is 0.606. The first-order chi connectivity index (χ1) is 14.2. The van der Waals surface area contributed by atoms with Gasteiger partial charge in [-0.1, -0.05) is 30.3 Å². The lowest BCUT2D eigenvalue weighted by Gasteiger charge is -2.08. The highest BCUT2D eigenvalue weighted by Gasteiger charge is 2.15. The van der Waals surface area contributed by atoms with E-state index in [-0.39, 0.29) is 5.91 Å². The van der Waals surface area contributed by atoms with Crippen molar-refractivity contribution in [3.05, 3.63) is 65.5 Å². The van der Waals surface area contributed by atoms with E-state index in [1.165, 1.54) is 19.3 Å². The summed E-state index contributed by atoms with van der Waals surface area (Å²) in [4.78, 5) is 12.4. The van der Waals surface area contributed by atoms with Crippen LogP contribution in [-0.2, 0) is 18.7 Å². The second-order valence-electron chi connectivity index (χ2n) is 7.03. The lowest BCUT2D eigenvalue weighted by molar-refractivity contribution is 0.102. The number of aromatic nitrogens is 3. The molecule has 0 radical (unpaired) electrons. The number of anilines is 1. The molecule has 4 rings (SSSR count). The van der Waals surface area contributed by atoms with E-state index < -0.39 is 0 Å². The topological polar surface area (TPSA) is 69.0 Å². The molecule has 150 valence electrons. The third kappa shape index (κ3) is 4.79. The Hall–Kier alpha value is -2.80. The standard InChI is InChI=1S/C22H24N4O2S/c1-28-19-12-10-18(11-13-19)23-21(27)17-8-6-16(7-9-17)15-29-22-25-24-20-5-3-2-4-14-26(20)22/h6-13H,2-5,14-15H2,1H3,(H,23,27). The normalized spacial score (nSPS) is 13.4. The van der Waals surface area contributed by atoms with Crippen molar-refractivity contribution in [2.45, 2.75) is 43.1 Å². The number of aryl methyl sites for hydroxylation is 1. The Labute approximate surface area is 174 Å². The molecular formula is C22H24N4O2S. The van der Waals surface area contributed by atoms with E-state index in [0.29, 0.717) is 5.56 Å². The van der Waals surface area contributed by atoms with Crippen molar-refractivity contribution >= 4 is 23.4 Å². The molecule has 7 heteroatoms. The molecule has 0 atom stereocenters. The molecule has 0 bridgehead atoms. The molecule has 6 nitrogen and oxygen atoms in total. The fraction of sp³-hybridized carbons (Fsp3) is 0.318. The van der Waals surface area contributed by atoms with Crippen molar-refractivity contribution in [2.75, 3.05) is 12.4 Å². The number of carbonyl (C=O) groups excluding carboxylic acids is 1.